The maximum absolute atomic E-state index is 12.6. The summed E-state index contributed by atoms with van der Waals surface area (Å²) in [6.07, 6.45) is 7.48. The molecule has 0 amide bonds. The van der Waals surface area contributed by atoms with Crippen LogP contribution >= 0.6 is 0 Å². The lowest BCUT2D eigenvalue weighted by Crippen LogP contribution is -2.11. The molecule has 0 radical (unpaired) electrons. The zero-order chi connectivity index (χ0) is 25.8. The Hall–Kier alpha value is -3.60. The van der Waals surface area contributed by atoms with Crippen molar-refractivity contribution in [2.45, 2.75) is 58.3 Å². The summed E-state index contributed by atoms with van der Waals surface area (Å²) >= 11 is 0. The van der Waals surface area contributed by atoms with Gasteiger partial charge in [0.25, 0.3) is 0 Å². The van der Waals surface area contributed by atoms with Gasteiger partial charge >= 0.3 is 11.9 Å². The molecular formula is C31H36O5. The minimum Gasteiger partial charge on any atom is -0.494 e. The fraction of sp³-hybridized carbons (Fsp3) is 0.355. The molecule has 5 nitrogen and oxygen atoms in total. The van der Waals surface area contributed by atoms with Crippen molar-refractivity contribution in [2.75, 3.05) is 13.7 Å². The smallest absolute Gasteiger partial charge is 0.343 e. The fourth-order valence-corrected chi connectivity index (χ4v) is 3.92. The summed E-state index contributed by atoms with van der Waals surface area (Å²) in [5, 5.41) is 0. The van der Waals surface area contributed by atoms with Gasteiger partial charge in [0.05, 0.1) is 25.2 Å². The molecule has 3 rings (SSSR count). The molecule has 0 bridgehead atoms. The normalized spacial score (nSPS) is 11.5. The lowest BCUT2D eigenvalue weighted by Gasteiger charge is -2.10. The third kappa shape index (κ3) is 7.98. The van der Waals surface area contributed by atoms with E-state index in [0.29, 0.717) is 11.3 Å². The highest BCUT2D eigenvalue weighted by atomic mass is 16.5. The molecule has 0 aliphatic carbocycles. The molecule has 0 aliphatic heterocycles. The van der Waals surface area contributed by atoms with Crippen LogP contribution in [-0.2, 0) is 9.53 Å². The number of esters is 2. The number of carbonyl (C=O) groups excluding carboxylic acids is 2. The largest absolute Gasteiger partial charge is 0.494 e. The molecule has 3 aromatic rings. The predicted octanol–water partition coefficient (Wildman–Crippen LogP) is 7.59. The zero-order valence-electron chi connectivity index (χ0n) is 21.5. The van der Waals surface area contributed by atoms with E-state index in [4.69, 9.17) is 14.2 Å². The molecular weight excluding hydrogens is 452 g/mol. The number of benzene rings is 3. The van der Waals surface area contributed by atoms with Crippen molar-refractivity contribution in [3.05, 3.63) is 83.9 Å². The van der Waals surface area contributed by atoms with Crippen molar-refractivity contribution in [1.82, 2.24) is 0 Å². The minimum absolute atomic E-state index is 0.310. The van der Waals surface area contributed by atoms with Crippen LogP contribution in [0.1, 0.15) is 74.2 Å². The van der Waals surface area contributed by atoms with E-state index >= 15 is 0 Å². The van der Waals surface area contributed by atoms with E-state index in [0.717, 1.165) is 35.5 Å². The molecule has 0 spiro atoms. The molecule has 190 valence electrons. The Bertz CT molecular complexity index is 1090. The maximum Gasteiger partial charge on any atom is 0.343 e. The van der Waals surface area contributed by atoms with Crippen LogP contribution in [0.5, 0.6) is 11.5 Å². The molecule has 3 aromatic carbocycles. The first-order chi connectivity index (χ1) is 17.5. The van der Waals surface area contributed by atoms with Crippen molar-refractivity contribution in [1.29, 1.82) is 0 Å². The minimum atomic E-state index is -0.436. The van der Waals surface area contributed by atoms with Gasteiger partial charge < -0.3 is 14.2 Å². The van der Waals surface area contributed by atoms with Gasteiger partial charge in [-0.3, -0.25) is 4.79 Å². The Morgan fingerprint density at radius 1 is 0.722 bits per heavy atom. The standard InChI is InChI=1S/C31H36O5/c1-4-5-6-7-8-9-22-35-28-18-16-26(17-19-28)25-10-12-27(13-11-25)31(33)36-29-20-14-24(15-21-29)23(2)30(32)34-3/h10-21,23H,4-9,22H2,1-3H3. The van der Waals surface area contributed by atoms with E-state index < -0.39 is 5.97 Å². The van der Waals surface area contributed by atoms with Crippen molar-refractivity contribution >= 4 is 11.9 Å². The molecule has 5 heteroatoms. The Morgan fingerprint density at radius 3 is 1.89 bits per heavy atom. The quantitative estimate of drug-likeness (QED) is 0.141. The Balaban J connectivity index is 1.50. The zero-order valence-corrected chi connectivity index (χ0v) is 21.5. The van der Waals surface area contributed by atoms with E-state index in [1.165, 1.54) is 39.2 Å². The molecule has 1 unspecified atom stereocenters. The van der Waals surface area contributed by atoms with Crippen LogP contribution in [0, 0.1) is 0 Å². The van der Waals surface area contributed by atoms with Crippen LogP contribution in [0.2, 0.25) is 0 Å². The summed E-state index contributed by atoms with van der Waals surface area (Å²) in [6, 6.07) is 22.2. The van der Waals surface area contributed by atoms with Crippen molar-refractivity contribution in [3.63, 3.8) is 0 Å². The number of unbranched alkanes of at least 4 members (excludes halogenated alkanes) is 5. The number of carbonyl (C=O) groups is 2. The third-order valence-corrected chi connectivity index (χ3v) is 6.22. The van der Waals surface area contributed by atoms with Gasteiger partial charge in [-0.2, -0.15) is 0 Å². The fourth-order valence-electron chi connectivity index (χ4n) is 3.92. The van der Waals surface area contributed by atoms with Gasteiger partial charge in [0.15, 0.2) is 0 Å². The van der Waals surface area contributed by atoms with Crippen LogP contribution in [0.25, 0.3) is 11.1 Å². The van der Waals surface area contributed by atoms with E-state index in [-0.39, 0.29) is 11.9 Å². The molecule has 1 atom stereocenters. The number of ether oxygens (including phenoxy) is 3. The molecule has 0 saturated heterocycles. The molecule has 0 saturated carbocycles. The maximum atomic E-state index is 12.6. The molecule has 0 N–H and O–H groups in total. The summed E-state index contributed by atoms with van der Waals surface area (Å²) in [7, 11) is 1.36. The second kappa shape index (κ2) is 14.1. The van der Waals surface area contributed by atoms with E-state index in [2.05, 4.69) is 6.92 Å². The monoisotopic (exact) mass is 488 g/mol. The molecule has 0 heterocycles. The summed E-state index contributed by atoms with van der Waals surface area (Å²) < 4.78 is 16.1. The highest BCUT2D eigenvalue weighted by Gasteiger charge is 2.16. The van der Waals surface area contributed by atoms with Gasteiger partial charge in [-0.15, -0.1) is 0 Å². The number of rotatable bonds is 13. The van der Waals surface area contributed by atoms with Crippen molar-refractivity contribution < 1.29 is 23.8 Å². The van der Waals surface area contributed by atoms with E-state index in [9.17, 15) is 9.59 Å². The molecule has 0 fully saturated rings. The highest BCUT2D eigenvalue weighted by molar-refractivity contribution is 5.91. The number of hydrogen-bond donors (Lipinski definition) is 0. The third-order valence-electron chi connectivity index (χ3n) is 6.22. The van der Waals surface area contributed by atoms with E-state index in [1.807, 2.05) is 36.4 Å². The topological polar surface area (TPSA) is 61.8 Å². The number of hydrogen-bond acceptors (Lipinski definition) is 5. The summed E-state index contributed by atoms with van der Waals surface area (Å²) in [5.41, 5.74) is 3.32. The van der Waals surface area contributed by atoms with Crippen LogP contribution in [0.4, 0.5) is 0 Å². The molecule has 0 aromatic heterocycles. The average Bonchev–Trinajstić information content (AvgIpc) is 2.92. The lowest BCUT2D eigenvalue weighted by molar-refractivity contribution is -0.142. The van der Waals surface area contributed by atoms with Gasteiger partial charge in [-0.05, 0) is 66.4 Å². The van der Waals surface area contributed by atoms with Crippen molar-refractivity contribution in [3.8, 4) is 22.6 Å². The summed E-state index contributed by atoms with van der Waals surface area (Å²) in [4.78, 5) is 24.2. The Labute approximate surface area is 214 Å². The SMILES string of the molecule is CCCCCCCCOc1ccc(-c2ccc(C(=O)Oc3ccc(C(C)C(=O)OC)cc3)cc2)cc1. The van der Waals surface area contributed by atoms with Crippen LogP contribution in [0.15, 0.2) is 72.8 Å². The Kier molecular flexibility index (Phi) is 10.6. The predicted molar refractivity (Wildman–Crippen MR) is 143 cm³/mol. The summed E-state index contributed by atoms with van der Waals surface area (Å²) in [6.45, 7) is 4.74. The first-order valence-electron chi connectivity index (χ1n) is 12.7. The second-order valence-corrected chi connectivity index (χ2v) is 8.92. The lowest BCUT2D eigenvalue weighted by atomic mass is 10.0. The van der Waals surface area contributed by atoms with Gasteiger partial charge in [0, 0.05) is 0 Å². The number of methoxy groups -OCH3 is 1. The van der Waals surface area contributed by atoms with Crippen molar-refractivity contribution in [2.24, 2.45) is 0 Å². The van der Waals surface area contributed by atoms with Crippen LogP contribution in [-0.4, -0.2) is 25.7 Å². The Morgan fingerprint density at radius 2 is 1.28 bits per heavy atom. The van der Waals surface area contributed by atoms with Gasteiger partial charge in [-0.1, -0.05) is 75.4 Å². The first-order valence-corrected chi connectivity index (χ1v) is 12.7. The van der Waals surface area contributed by atoms with Crippen LogP contribution < -0.4 is 9.47 Å². The first kappa shape index (κ1) is 27.0. The van der Waals surface area contributed by atoms with Gasteiger partial charge in [0.1, 0.15) is 11.5 Å². The highest BCUT2D eigenvalue weighted by Crippen LogP contribution is 2.24. The second-order valence-electron chi connectivity index (χ2n) is 8.92. The average molecular weight is 489 g/mol. The van der Waals surface area contributed by atoms with Gasteiger partial charge in [0.2, 0.25) is 0 Å². The molecule has 36 heavy (non-hydrogen) atoms. The molecule has 0 aliphatic rings. The van der Waals surface area contributed by atoms with Gasteiger partial charge in [-0.25, -0.2) is 4.79 Å². The summed E-state index contributed by atoms with van der Waals surface area (Å²) in [5.74, 6) is 0.165. The van der Waals surface area contributed by atoms with E-state index in [1.54, 1.807) is 43.3 Å². The van der Waals surface area contributed by atoms with Crippen LogP contribution in [0.3, 0.4) is 0 Å².